The Bertz CT molecular complexity index is 358. The van der Waals surface area contributed by atoms with Crippen LogP contribution in [0.1, 0.15) is 32.9 Å². The van der Waals surface area contributed by atoms with Crippen LogP contribution in [-0.4, -0.2) is 35.2 Å². The van der Waals surface area contributed by atoms with Gasteiger partial charge in [-0.05, 0) is 19.8 Å². The summed E-state index contributed by atoms with van der Waals surface area (Å²) >= 11 is 0. The van der Waals surface area contributed by atoms with E-state index in [-0.39, 0.29) is 0 Å². The van der Waals surface area contributed by atoms with Gasteiger partial charge >= 0.3 is 0 Å². The highest BCUT2D eigenvalue weighted by molar-refractivity contribution is 5.35. The molecule has 0 bridgehead atoms. The Morgan fingerprint density at radius 3 is 2.94 bits per heavy atom. The van der Waals surface area contributed by atoms with E-state index in [1.54, 1.807) is 0 Å². The largest absolute Gasteiger partial charge is 0.339 e. The van der Waals surface area contributed by atoms with E-state index in [2.05, 4.69) is 41.8 Å². The van der Waals surface area contributed by atoms with Gasteiger partial charge in [-0.3, -0.25) is 0 Å². The lowest BCUT2D eigenvalue weighted by atomic mass is 10.2. The van der Waals surface area contributed by atoms with Gasteiger partial charge in [-0.1, -0.05) is 13.8 Å². The molecule has 1 unspecified atom stereocenters. The van der Waals surface area contributed by atoms with Gasteiger partial charge in [-0.25, -0.2) is 4.98 Å². The van der Waals surface area contributed by atoms with E-state index in [1.165, 1.54) is 5.69 Å². The SMILES string of the molecule is CCCn1cc(CC)nc1N1CCNC(C)C1. The molecule has 0 spiro atoms. The van der Waals surface area contributed by atoms with E-state index in [1.807, 2.05) is 0 Å². The monoisotopic (exact) mass is 236 g/mol. The number of hydrogen-bond acceptors (Lipinski definition) is 3. The molecule has 4 heteroatoms. The molecule has 0 aromatic carbocycles. The Labute approximate surface area is 104 Å². The maximum absolute atomic E-state index is 4.77. The van der Waals surface area contributed by atoms with Crippen molar-refractivity contribution in [3.05, 3.63) is 11.9 Å². The van der Waals surface area contributed by atoms with Gasteiger partial charge in [0.15, 0.2) is 0 Å². The number of imidazole rings is 1. The number of hydrogen-bond donors (Lipinski definition) is 1. The standard InChI is InChI=1S/C13H24N4/c1-4-7-16-10-12(5-2)15-13(16)17-8-6-14-11(3)9-17/h10-11,14H,4-9H2,1-3H3. The van der Waals surface area contributed by atoms with Crippen molar-refractivity contribution < 1.29 is 0 Å². The number of anilines is 1. The van der Waals surface area contributed by atoms with Crippen molar-refractivity contribution in [3.8, 4) is 0 Å². The summed E-state index contributed by atoms with van der Waals surface area (Å²) in [5, 5.41) is 3.48. The quantitative estimate of drug-likeness (QED) is 0.863. The third-order valence-corrected chi connectivity index (χ3v) is 3.28. The molecule has 2 rings (SSSR count). The average molecular weight is 236 g/mol. The van der Waals surface area contributed by atoms with Crippen molar-refractivity contribution in [3.63, 3.8) is 0 Å². The number of nitrogens with zero attached hydrogens (tertiary/aromatic N) is 3. The first-order valence-corrected chi connectivity index (χ1v) is 6.79. The minimum absolute atomic E-state index is 0.556. The molecule has 0 saturated carbocycles. The maximum Gasteiger partial charge on any atom is 0.205 e. The van der Waals surface area contributed by atoms with Crippen molar-refractivity contribution in [1.82, 2.24) is 14.9 Å². The molecule has 96 valence electrons. The number of aryl methyl sites for hydroxylation is 2. The van der Waals surface area contributed by atoms with Crippen LogP contribution in [0.15, 0.2) is 6.20 Å². The third kappa shape index (κ3) is 2.80. The number of nitrogens with one attached hydrogen (secondary N) is 1. The second kappa shape index (κ2) is 5.54. The van der Waals surface area contributed by atoms with Crippen LogP contribution in [0.25, 0.3) is 0 Å². The molecule has 0 radical (unpaired) electrons. The molecule has 1 fully saturated rings. The minimum atomic E-state index is 0.556. The maximum atomic E-state index is 4.77. The van der Waals surface area contributed by atoms with Gasteiger partial charge in [-0.2, -0.15) is 0 Å². The van der Waals surface area contributed by atoms with Crippen LogP contribution >= 0.6 is 0 Å². The Morgan fingerprint density at radius 2 is 2.29 bits per heavy atom. The average Bonchev–Trinajstić information content (AvgIpc) is 2.73. The third-order valence-electron chi connectivity index (χ3n) is 3.28. The summed E-state index contributed by atoms with van der Waals surface area (Å²) in [6.45, 7) is 10.9. The molecule has 1 saturated heterocycles. The fourth-order valence-corrected chi connectivity index (χ4v) is 2.40. The molecular formula is C13H24N4. The predicted molar refractivity (Wildman–Crippen MR) is 71.6 cm³/mol. The Balaban J connectivity index is 2.19. The first-order valence-electron chi connectivity index (χ1n) is 6.79. The van der Waals surface area contributed by atoms with E-state index in [9.17, 15) is 0 Å². The topological polar surface area (TPSA) is 33.1 Å². The molecule has 0 amide bonds. The molecule has 1 atom stereocenters. The lowest BCUT2D eigenvalue weighted by Crippen LogP contribution is -2.50. The molecule has 1 aromatic heterocycles. The number of piperazine rings is 1. The lowest BCUT2D eigenvalue weighted by molar-refractivity contribution is 0.473. The van der Waals surface area contributed by atoms with E-state index < -0.39 is 0 Å². The molecule has 2 heterocycles. The second-order valence-corrected chi connectivity index (χ2v) is 4.88. The fourth-order valence-electron chi connectivity index (χ4n) is 2.40. The molecule has 1 aromatic rings. The van der Waals surface area contributed by atoms with Crippen LogP contribution in [0.3, 0.4) is 0 Å². The summed E-state index contributed by atoms with van der Waals surface area (Å²) in [5.41, 5.74) is 1.21. The van der Waals surface area contributed by atoms with Gasteiger partial charge < -0.3 is 14.8 Å². The van der Waals surface area contributed by atoms with Crippen molar-refractivity contribution in [2.75, 3.05) is 24.5 Å². The Kier molecular flexibility index (Phi) is 4.05. The summed E-state index contributed by atoms with van der Waals surface area (Å²) in [4.78, 5) is 7.18. The molecule has 1 aliphatic rings. The fraction of sp³-hybridized carbons (Fsp3) is 0.769. The number of rotatable bonds is 4. The highest BCUT2D eigenvalue weighted by Gasteiger charge is 2.20. The highest BCUT2D eigenvalue weighted by Crippen LogP contribution is 2.17. The second-order valence-electron chi connectivity index (χ2n) is 4.88. The summed E-state index contributed by atoms with van der Waals surface area (Å²) in [6.07, 6.45) is 4.39. The zero-order valence-corrected chi connectivity index (χ0v) is 11.2. The van der Waals surface area contributed by atoms with E-state index >= 15 is 0 Å². The summed E-state index contributed by atoms with van der Waals surface area (Å²) < 4.78 is 2.32. The summed E-state index contributed by atoms with van der Waals surface area (Å²) in [6, 6.07) is 0.556. The van der Waals surface area contributed by atoms with Crippen molar-refractivity contribution in [1.29, 1.82) is 0 Å². The van der Waals surface area contributed by atoms with E-state index in [0.29, 0.717) is 6.04 Å². The molecule has 0 aliphatic carbocycles. The molecule has 17 heavy (non-hydrogen) atoms. The van der Waals surface area contributed by atoms with Crippen LogP contribution in [0.5, 0.6) is 0 Å². The van der Waals surface area contributed by atoms with Crippen LogP contribution in [0.2, 0.25) is 0 Å². The van der Waals surface area contributed by atoms with Crippen molar-refractivity contribution in [2.45, 2.75) is 46.2 Å². The molecule has 1 N–H and O–H groups in total. The van der Waals surface area contributed by atoms with Gasteiger partial charge in [0.1, 0.15) is 0 Å². The Morgan fingerprint density at radius 1 is 1.47 bits per heavy atom. The van der Waals surface area contributed by atoms with Gasteiger partial charge in [-0.15, -0.1) is 0 Å². The lowest BCUT2D eigenvalue weighted by Gasteiger charge is -2.32. The highest BCUT2D eigenvalue weighted by atomic mass is 15.3. The number of aromatic nitrogens is 2. The van der Waals surface area contributed by atoms with Crippen molar-refractivity contribution >= 4 is 5.95 Å². The van der Waals surface area contributed by atoms with E-state index in [4.69, 9.17) is 4.98 Å². The van der Waals surface area contributed by atoms with Crippen LogP contribution in [0, 0.1) is 0 Å². The summed E-state index contributed by atoms with van der Waals surface area (Å²) in [7, 11) is 0. The normalized spacial score (nSPS) is 20.9. The first-order chi connectivity index (χ1) is 8.24. The molecule has 1 aliphatic heterocycles. The van der Waals surface area contributed by atoms with Crippen LogP contribution in [-0.2, 0) is 13.0 Å². The first kappa shape index (κ1) is 12.4. The summed E-state index contributed by atoms with van der Waals surface area (Å²) in [5.74, 6) is 1.16. The van der Waals surface area contributed by atoms with Gasteiger partial charge in [0.2, 0.25) is 5.95 Å². The zero-order chi connectivity index (χ0) is 12.3. The zero-order valence-electron chi connectivity index (χ0n) is 11.2. The van der Waals surface area contributed by atoms with Crippen LogP contribution in [0.4, 0.5) is 5.95 Å². The van der Waals surface area contributed by atoms with Crippen molar-refractivity contribution in [2.24, 2.45) is 0 Å². The van der Waals surface area contributed by atoms with Gasteiger partial charge in [0.05, 0.1) is 5.69 Å². The van der Waals surface area contributed by atoms with E-state index in [0.717, 1.165) is 45.0 Å². The smallest absolute Gasteiger partial charge is 0.205 e. The van der Waals surface area contributed by atoms with Gasteiger partial charge in [0.25, 0.3) is 0 Å². The predicted octanol–water partition coefficient (Wildman–Crippen LogP) is 1.65. The molecular weight excluding hydrogens is 212 g/mol. The van der Waals surface area contributed by atoms with Crippen LogP contribution < -0.4 is 10.2 Å². The molecule has 4 nitrogen and oxygen atoms in total. The minimum Gasteiger partial charge on any atom is -0.339 e. The van der Waals surface area contributed by atoms with Gasteiger partial charge in [0, 0.05) is 38.4 Å². The Hall–Kier alpha value is -1.03.